The van der Waals surface area contributed by atoms with Gasteiger partial charge in [0, 0.05) is 12.1 Å². The van der Waals surface area contributed by atoms with Crippen molar-refractivity contribution < 1.29 is 9.53 Å². The number of nitrogens with zero attached hydrogens (tertiary/aromatic N) is 1. The van der Waals surface area contributed by atoms with Crippen LogP contribution in [0.25, 0.3) is 0 Å². The SMILES string of the molecule is COC(=O)C1=CC(c2ccc(C)cc2)N(C)CC1. The van der Waals surface area contributed by atoms with E-state index in [4.69, 9.17) is 4.74 Å². The van der Waals surface area contributed by atoms with E-state index in [-0.39, 0.29) is 12.0 Å². The second-order valence-electron chi connectivity index (χ2n) is 4.77. The van der Waals surface area contributed by atoms with E-state index in [1.807, 2.05) is 6.08 Å². The molecule has 0 aromatic heterocycles. The van der Waals surface area contributed by atoms with Gasteiger partial charge in [-0.05, 0) is 26.0 Å². The fraction of sp³-hybridized carbons (Fsp3) is 0.400. The average Bonchev–Trinajstić information content (AvgIpc) is 2.39. The zero-order valence-corrected chi connectivity index (χ0v) is 11.1. The lowest BCUT2D eigenvalue weighted by atomic mass is 9.96. The van der Waals surface area contributed by atoms with Gasteiger partial charge in [0.2, 0.25) is 0 Å². The Labute approximate surface area is 108 Å². The van der Waals surface area contributed by atoms with E-state index in [0.717, 1.165) is 18.5 Å². The summed E-state index contributed by atoms with van der Waals surface area (Å²) in [5, 5.41) is 0. The van der Waals surface area contributed by atoms with E-state index in [2.05, 4.69) is 43.1 Å². The smallest absolute Gasteiger partial charge is 0.333 e. The van der Waals surface area contributed by atoms with Gasteiger partial charge in [0.15, 0.2) is 0 Å². The van der Waals surface area contributed by atoms with Crippen molar-refractivity contribution in [1.29, 1.82) is 0 Å². The van der Waals surface area contributed by atoms with Gasteiger partial charge in [-0.25, -0.2) is 4.79 Å². The van der Waals surface area contributed by atoms with Crippen LogP contribution in [0.5, 0.6) is 0 Å². The van der Waals surface area contributed by atoms with Crippen molar-refractivity contribution in [2.24, 2.45) is 0 Å². The van der Waals surface area contributed by atoms with Gasteiger partial charge in [0.05, 0.1) is 13.2 Å². The summed E-state index contributed by atoms with van der Waals surface area (Å²) < 4.78 is 4.80. The van der Waals surface area contributed by atoms with Crippen molar-refractivity contribution in [2.45, 2.75) is 19.4 Å². The molecule has 1 atom stereocenters. The largest absolute Gasteiger partial charge is 0.466 e. The Morgan fingerprint density at radius 3 is 2.61 bits per heavy atom. The summed E-state index contributed by atoms with van der Waals surface area (Å²) in [4.78, 5) is 13.8. The standard InChI is InChI=1S/C15H19NO2/c1-11-4-6-12(7-5-11)14-10-13(15(17)18-3)8-9-16(14)2/h4-7,10,14H,8-9H2,1-3H3. The Hall–Kier alpha value is -1.61. The fourth-order valence-corrected chi connectivity index (χ4v) is 2.25. The minimum atomic E-state index is -0.208. The molecule has 0 radical (unpaired) electrons. The number of likely N-dealkylation sites (N-methyl/N-ethyl adjacent to an activating group) is 1. The molecule has 3 nitrogen and oxygen atoms in total. The molecule has 1 aliphatic rings. The lowest BCUT2D eigenvalue weighted by Gasteiger charge is -2.30. The summed E-state index contributed by atoms with van der Waals surface area (Å²) in [6.07, 6.45) is 2.77. The van der Waals surface area contributed by atoms with Crippen molar-refractivity contribution in [3.8, 4) is 0 Å². The summed E-state index contributed by atoms with van der Waals surface area (Å²) in [5.74, 6) is -0.208. The number of ether oxygens (including phenoxy) is 1. The van der Waals surface area contributed by atoms with E-state index < -0.39 is 0 Å². The fourth-order valence-electron chi connectivity index (χ4n) is 2.25. The molecular formula is C15H19NO2. The molecule has 1 unspecified atom stereocenters. The molecule has 0 saturated carbocycles. The number of esters is 1. The molecule has 96 valence electrons. The summed E-state index contributed by atoms with van der Waals surface area (Å²) in [7, 11) is 3.51. The van der Waals surface area contributed by atoms with Crippen molar-refractivity contribution in [2.75, 3.05) is 20.7 Å². The highest BCUT2D eigenvalue weighted by atomic mass is 16.5. The Morgan fingerprint density at radius 1 is 1.33 bits per heavy atom. The summed E-state index contributed by atoms with van der Waals surface area (Å²) in [5.41, 5.74) is 3.24. The lowest BCUT2D eigenvalue weighted by molar-refractivity contribution is -0.136. The van der Waals surface area contributed by atoms with Crippen molar-refractivity contribution in [3.05, 3.63) is 47.0 Å². The molecule has 0 fully saturated rings. The van der Waals surface area contributed by atoms with E-state index in [1.165, 1.54) is 18.2 Å². The van der Waals surface area contributed by atoms with Crippen LogP contribution in [0.2, 0.25) is 0 Å². The molecule has 0 amide bonds. The summed E-state index contributed by atoms with van der Waals surface area (Å²) in [6, 6.07) is 8.60. The van der Waals surface area contributed by atoms with Crippen LogP contribution >= 0.6 is 0 Å². The molecule has 1 aromatic rings. The number of aryl methyl sites for hydroxylation is 1. The zero-order chi connectivity index (χ0) is 13.1. The van der Waals surface area contributed by atoms with Gasteiger partial charge in [-0.2, -0.15) is 0 Å². The molecule has 2 rings (SSSR count). The number of carbonyl (C=O) groups is 1. The van der Waals surface area contributed by atoms with Crippen molar-refractivity contribution >= 4 is 5.97 Å². The second-order valence-corrected chi connectivity index (χ2v) is 4.77. The van der Waals surface area contributed by atoms with Crippen LogP contribution < -0.4 is 0 Å². The van der Waals surface area contributed by atoms with Gasteiger partial charge in [-0.1, -0.05) is 35.9 Å². The van der Waals surface area contributed by atoms with Crippen molar-refractivity contribution in [1.82, 2.24) is 4.90 Å². The molecular weight excluding hydrogens is 226 g/mol. The predicted molar refractivity (Wildman–Crippen MR) is 71.3 cm³/mol. The van der Waals surface area contributed by atoms with Crippen LogP contribution in [0, 0.1) is 6.92 Å². The maximum absolute atomic E-state index is 11.6. The molecule has 1 aliphatic heterocycles. The Bertz CT molecular complexity index is 462. The number of hydrogen-bond donors (Lipinski definition) is 0. The highest BCUT2D eigenvalue weighted by molar-refractivity contribution is 5.88. The van der Waals surface area contributed by atoms with Gasteiger partial charge in [-0.3, -0.25) is 4.90 Å². The first-order chi connectivity index (χ1) is 8.61. The van der Waals surface area contributed by atoms with E-state index in [0.29, 0.717) is 0 Å². The normalized spacial score (nSPS) is 20.4. The van der Waals surface area contributed by atoms with Crippen molar-refractivity contribution in [3.63, 3.8) is 0 Å². The number of hydrogen-bond acceptors (Lipinski definition) is 3. The number of carbonyl (C=O) groups excluding carboxylic acids is 1. The van der Waals surface area contributed by atoms with Crippen LogP contribution in [0.4, 0.5) is 0 Å². The van der Waals surface area contributed by atoms with Gasteiger partial charge in [-0.15, -0.1) is 0 Å². The number of benzene rings is 1. The third-order valence-corrected chi connectivity index (χ3v) is 3.43. The van der Waals surface area contributed by atoms with Gasteiger partial charge in [0.25, 0.3) is 0 Å². The van der Waals surface area contributed by atoms with E-state index in [1.54, 1.807) is 0 Å². The Kier molecular flexibility index (Phi) is 3.82. The summed E-state index contributed by atoms with van der Waals surface area (Å²) >= 11 is 0. The maximum atomic E-state index is 11.6. The minimum Gasteiger partial charge on any atom is -0.466 e. The first kappa shape index (κ1) is 12.8. The Balaban J connectivity index is 2.29. The highest BCUT2D eigenvalue weighted by Gasteiger charge is 2.23. The molecule has 0 aliphatic carbocycles. The number of rotatable bonds is 2. The predicted octanol–water partition coefficient (Wildman–Crippen LogP) is 2.47. The minimum absolute atomic E-state index is 0.161. The first-order valence-electron chi connectivity index (χ1n) is 6.17. The zero-order valence-electron chi connectivity index (χ0n) is 11.1. The second kappa shape index (κ2) is 5.36. The summed E-state index contributed by atoms with van der Waals surface area (Å²) in [6.45, 7) is 2.95. The van der Waals surface area contributed by atoms with E-state index >= 15 is 0 Å². The molecule has 1 heterocycles. The Morgan fingerprint density at radius 2 is 2.00 bits per heavy atom. The van der Waals surface area contributed by atoms with Crippen LogP contribution in [0.3, 0.4) is 0 Å². The molecule has 18 heavy (non-hydrogen) atoms. The molecule has 0 saturated heterocycles. The molecule has 0 N–H and O–H groups in total. The lowest BCUT2D eigenvalue weighted by Crippen LogP contribution is -2.30. The third kappa shape index (κ3) is 2.62. The first-order valence-corrected chi connectivity index (χ1v) is 6.17. The van der Waals surface area contributed by atoms with Gasteiger partial charge < -0.3 is 4.74 Å². The molecule has 0 bridgehead atoms. The maximum Gasteiger partial charge on any atom is 0.333 e. The molecule has 3 heteroatoms. The third-order valence-electron chi connectivity index (χ3n) is 3.43. The van der Waals surface area contributed by atoms with E-state index in [9.17, 15) is 4.79 Å². The molecule has 1 aromatic carbocycles. The van der Waals surface area contributed by atoms with Gasteiger partial charge in [0.1, 0.15) is 0 Å². The monoisotopic (exact) mass is 245 g/mol. The average molecular weight is 245 g/mol. The topological polar surface area (TPSA) is 29.5 Å². The van der Waals surface area contributed by atoms with Crippen LogP contribution in [-0.2, 0) is 9.53 Å². The number of methoxy groups -OCH3 is 1. The highest BCUT2D eigenvalue weighted by Crippen LogP contribution is 2.28. The van der Waals surface area contributed by atoms with Gasteiger partial charge >= 0.3 is 5.97 Å². The molecule has 0 spiro atoms. The van der Waals surface area contributed by atoms with Crippen LogP contribution in [0.15, 0.2) is 35.9 Å². The quantitative estimate of drug-likeness (QED) is 0.750. The van der Waals surface area contributed by atoms with Crippen LogP contribution in [0.1, 0.15) is 23.6 Å². The van der Waals surface area contributed by atoms with Crippen LogP contribution in [-0.4, -0.2) is 31.6 Å².